The van der Waals surface area contributed by atoms with Gasteiger partial charge in [0.2, 0.25) is 11.8 Å². The molecular weight excluding hydrogens is 396 g/mol. The maximum Gasteiger partial charge on any atom is 0.416 e. The number of alkyl halides is 3. The number of carbonyl (C=O) groups is 3. The van der Waals surface area contributed by atoms with Crippen molar-refractivity contribution in [3.63, 3.8) is 0 Å². The summed E-state index contributed by atoms with van der Waals surface area (Å²) < 4.78 is 52.3. The zero-order chi connectivity index (χ0) is 21.8. The van der Waals surface area contributed by atoms with Crippen LogP contribution in [0.3, 0.4) is 0 Å². The number of nitrogens with one attached hydrogen (secondary N) is 1. The van der Waals surface area contributed by atoms with Gasteiger partial charge in [0.05, 0.1) is 5.56 Å². The standard InChI is InChI=1S/C19H20F4N2O4/c1-11(18(28)29)24-17(27)12-6-8-25(9-7-12)16(26)5-2-13-10-14(20)3-4-15(13)19(21,22)23/h2-5,10-12H,6-9H2,1H3,(H,24,27)(H,28,29)/b5-2+. The van der Waals surface area contributed by atoms with E-state index in [0.717, 1.165) is 12.2 Å². The van der Waals surface area contributed by atoms with E-state index in [9.17, 15) is 31.9 Å². The molecule has 1 aliphatic rings. The molecular formula is C19H20F4N2O4. The molecule has 0 spiro atoms. The molecule has 1 unspecified atom stereocenters. The predicted octanol–water partition coefficient (Wildman–Crippen LogP) is 2.69. The van der Waals surface area contributed by atoms with Gasteiger partial charge in [0.25, 0.3) is 0 Å². The topological polar surface area (TPSA) is 86.7 Å². The van der Waals surface area contributed by atoms with Gasteiger partial charge in [0.1, 0.15) is 11.9 Å². The van der Waals surface area contributed by atoms with E-state index in [4.69, 9.17) is 5.11 Å². The summed E-state index contributed by atoms with van der Waals surface area (Å²) >= 11 is 0. The van der Waals surface area contributed by atoms with E-state index in [1.165, 1.54) is 11.8 Å². The monoisotopic (exact) mass is 416 g/mol. The van der Waals surface area contributed by atoms with Crippen molar-refractivity contribution >= 4 is 23.9 Å². The summed E-state index contributed by atoms with van der Waals surface area (Å²) in [5.74, 6) is -3.44. The zero-order valence-electron chi connectivity index (χ0n) is 15.5. The van der Waals surface area contributed by atoms with Crippen LogP contribution in [0, 0.1) is 11.7 Å². The largest absolute Gasteiger partial charge is 0.480 e. The molecule has 1 heterocycles. The van der Waals surface area contributed by atoms with E-state index in [1.807, 2.05) is 0 Å². The third-order valence-corrected chi connectivity index (χ3v) is 4.63. The Bertz CT molecular complexity index is 815. The number of hydrogen-bond donors (Lipinski definition) is 2. The van der Waals surface area contributed by atoms with Crippen LogP contribution in [0.5, 0.6) is 0 Å². The number of likely N-dealkylation sites (tertiary alicyclic amines) is 1. The Kier molecular flexibility index (Phi) is 6.99. The maximum absolute atomic E-state index is 13.3. The number of carboxylic acids is 1. The first-order chi connectivity index (χ1) is 13.5. The van der Waals surface area contributed by atoms with Gasteiger partial charge in [-0.2, -0.15) is 13.2 Å². The van der Waals surface area contributed by atoms with Crippen LogP contribution in [0.1, 0.15) is 30.9 Å². The van der Waals surface area contributed by atoms with Crippen molar-refractivity contribution < 1.29 is 37.1 Å². The number of carboxylic acid groups (broad SMARTS) is 1. The molecule has 1 fully saturated rings. The molecule has 1 atom stereocenters. The zero-order valence-corrected chi connectivity index (χ0v) is 15.5. The van der Waals surface area contributed by atoms with Crippen LogP contribution < -0.4 is 5.32 Å². The van der Waals surface area contributed by atoms with E-state index < -0.39 is 52.9 Å². The van der Waals surface area contributed by atoms with Crippen molar-refractivity contribution in [1.29, 1.82) is 0 Å². The number of amides is 2. The highest BCUT2D eigenvalue weighted by Crippen LogP contribution is 2.33. The lowest BCUT2D eigenvalue weighted by molar-refractivity contribution is -0.142. The number of hydrogen-bond acceptors (Lipinski definition) is 3. The molecule has 0 aromatic heterocycles. The number of rotatable bonds is 5. The first-order valence-electron chi connectivity index (χ1n) is 8.86. The second-order valence-corrected chi connectivity index (χ2v) is 6.73. The summed E-state index contributed by atoms with van der Waals surface area (Å²) in [5.41, 5.74) is -1.51. The second-order valence-electron chi connectivity index (χ2n) is 6.73. The molecule has 0 saturated carbocycles. The Hall–Kier alpha value is -2.91. The van der Waals surface area contributed by atoms with Crippen molar-refractivity contribution in [3.05, 3.63) is 41.2 Å². The summed E-state index contributed by atoms with van der Waals surface area (Å²) in [5, 5.41) is 11.2. The summed E-state index contributed by atoms with van der Waals surface area (Å²) in [6.07, 6.45) is -2.23. The third-order valence-electron chi connectivity index (χ3n) is 4.63. The lowest BCUT2D eigenvalue weighted by Gasteiger charge is -2.31. The van der Waals surface area contributed by atoms with Crippen molar-refractivity contribution in [1.82, 2.24) is 10.2 Å². The Balaban J connectivity index is 1.98. The van der Waals surface area contributed by atoms with Gasteiger partial charge in [-0.25, -0.2) is 4.39 Å². The summed E-state index contributed by atoms with van der Waals surface area (Å²) in [6.45, 7) is 1.72. The minimum atomic E-state index is -4.69. The van der Waals surface area contributed by atoms with Crippen LogP contribution in [0.2, 0.25) is 0 Å². The molecule has 1 aromatic carbocycles. The smallest absolute Gasteiger partial charge is 0.416 e. The first-order valence-corrected chi connectivity index (χ1v) is 8.86. The van der Waals surface area contributed by atoms with Gasteiger partial charge in [-0.15, -0.1) is 0 Å². The Morgan fingerprint density at radius 2 is 1.86 bits per heavy atom. The molecule has 0 radical (unpaired) electrons. The molecule has 0 aliphatic carbocycles. The quantitative estimate of drug-likeness (QED) is 0.571. The summed E-state index contributed by atoms with van der Waals surface area (Å²) in [4.78, 5) is 36.4. The van der Waals surface area contributed by atoms with Gasteiger partial charge in [-0.3, -0.25) is 14.4 Å². The van der Waals surface area contributed by atoms with Gasteiger partial charge >= 0.3 is 12.1 Å². The molecule has 0 bridgehead atoms. The molecule has 1 aromatic rings. The Morgan fingerprint density at radius 1 is 1.24 bits per heavy atom. The predicted molar refractivity (Wildman–Crippen MR) is 95.0 cm³/mol. The molecule has 6 nitrogen and oxygen atoms in total. The molecule has 1 saturated heterocycles. The molecule has 1 aliphatic heterocycles. The van der Waals surface area contributed by atoms with Crippen molar-refractivity contribution in [2.45, 2.75) is 32.0 Å². The molecule has 10 heteroatoms. The Labute approximate surface area is 164 Å². The fraction of sp³-hybridized carbons (Fsp3) is 0.421. The van der Waals surface area contributed by atoms with Crippen molar-refractivity contribution in [2.75, 3.05) is 13.1 Å². The average molecular weight is 416 g/mol. The van der Waals surface area contributed by atoms with Crippen molar-refractivity contribution in [2.24, 2.45) is 5.92 Å². The van der Waals surface area contributed by atoms with Gasteiger partial charge in [0.15, 0.2) is 0 Å². The third kappa shape index (κ3) is 6.03. The maximum atomic E-state index is 13.3. The first kappa shape index (κ1) is 22.4. The van der Waals surface area contributed by atoms with Crippen LogP contribution >= 0.6 is 0 Å². The minimum Gasteiger partial charge on any atom is -0.480 e. The van der Waals surface area contributed by atoms with Crippen LogP contribution in [-0.4, -0.2) is 46.9 Å². The molecule has 2 N–H and O–H groups in total. The molecule has 29 heavy (non-hydrogen) atoms. The number of nitrogens with zero attached hydrogens (tertiary/aromatic N) is 1. The Morgan fingerprint density at radius 3 is 2.41 bits per heavy atom. The van der Waals surface area contributed by atoms with Gasteiger partial charge in [-0.1, -0.05) is 0 Å². The molecule has 2 amide bonds. The van der Waals surface area contributed by atoms with Crippen LogP contribution in [0.25, 0.3) is 6.08 Å². The number of carbonyl (C=O) groups excluding carboxylic acids is 2. The van der Waals surface area contributed by atoms with Crippen LogP contribution in [0.15, 0.2) is 24.3 Å². The van der Waals surface area contributed by atoms with Crippen LogP contribution in [-0.2, 0) is 20.6 Å². The van der Waals surface area contributed by atoms with E-state index in [2.05, 4.69) is 5.32 Å². The fourth-order valence-corrected chi connectivity index (χ4v) is 2.95. The number of benzene rings is 1. The average Bonchev–Trinajstić information content (AvgIpc) is 2.65. The highest BCUT2D eigenvalue weighted by Gasteiger charge is 2.33. The van der Waals surface area contributed by atoms with E-state index in [-0.39, 0.29) is 13.1 Å². The minimum absolute atomic E-state index is 0.192. The normalized spacial score (nSPS) is 16.7. The SMILES string of the molecule is CC(NC(=O)C1CCN(C(=O)/C=C/c2cc(F)ccc2C(F)(F)F)CC1)C(=O)O. The van der Waals surface area contributed by atoms with Gasteiger partial charge < -0.3 is 15.3 Å². The highest BCUT2D eigenvalue weighted by molar-refractivity contribution is 5.92. The van der Waals surface area contributed by atoms with Crippen LogP contribution in [0.4, 0.5) is 17.6 Å². The lowest BCUT2D eigenvalue weighted by Crippen LogP contribution is -2.46. The number of halogens is 4. The van der Waals surface area contributed by atoms with E-state index in [0.29, 0.717) is 31.0 Å². The number of aliphatic carboxylic acids is 1. The number of piperidine rings is 1. The summed E-state index contributed by atoms with van der Waals surface area (Å²) in [7, 11) is 0. The molecule has 2 rings (SSSR count). The molecule has 158 valence electrons. The van der Waals surface area contributed by atoms with Crippen molar-refractivity contribution in [3.8, 4) is 0 Å². The van der Waals surface area contributed by atoms with Gasteiger partial charge in [0, 0.05) is 25.1 Å². The lowest BCUT2D eigenvalue weighted by atomic mass is 9.95. The summed E-state index contributed by atoms with van der Waals surface area (Å²) in [6, 6.07) is 0.983. The van der Waals surface area contributed by atoms with E-state index >= 15 is 0 Å². The fourth-order valence-electron chi connectivity index (χ4n) is 2.95. The van der Waals surface area contributed by atoms with E-state index in [1.54, 1.807) is 0 Å². The highest BCUT2D eigenvalue weighted by atomic mass is 19.4. The van der Waals surface area contributed by atoms with Gasteiger partial charge in [-0.05, 0) is 49.6 Å². The second kappa shape index (κ2) is 9.06.